The summed E-state index contributed by atoms with van der Waals surface area (Å²) in [7, 11) is 0. The van der Waals surface area contributed by atoms with Crippen LogP contribution in [0, 0.1) is 0 Å². The lowest BCUT2D eigenvalue weighted by Crippen LogP contribution is -2.48. The van der Waals surface area contributed by atoms with Crippen LogP contribution in [0.5, 0.6) is 0 Å². The SMILES string of the molecule is O=C(c1ccc(C(F)(F)F)cc1)N1CCN(Cc2nc(-c3cccs3)no2)CC1. The van der Waals surface area contributed by atoms with Crippen LogP contribution in [-0.2, 0) is 12.7 Å². The normalized spacial score (nSPS) is 15.6. The smallest absolute Gasteiger partial charge is 0.338 e. The second kappa shape index (κ2) is 7.96. The standard InChI is InChI=1S/C19H17F3N4O2S/c20-19(21,22)14-5-3-13(4-6-14)18(27)26-9-7-25(8-10-26)12-16-23-17(24-28-16)15-2-1-11-29-15/h1-6,11H,7-10,12H2. The number of piperazine rings is 1. The van der Waals surface area contributed by atoms with Gasteiger partial charge in [-0.2, -0.15) is 18.2 Å². The number of carbonyl (C=O) groups is 1. The first-order valence-corrected chi connectivity index (χ1v) is 9.83. The highest BCUT2D eigenvalue weighted by Crippen LogP contribution is 2.29. The topological polar surface area (TPSA) is 62.5 Å². The molecule has 29 heavy (non-hydrogen) atoms. The highest BCUT2D eigenvalue weighted by atomic mass is 32.1. The Balaban J connectivity index is 1.31. The Morgan fingerprint density at radius 2 is 1.83 bits per heavy atom. The van der Waals surface area contributed by atoms with Gasteiger partial charge in [0.2, 0.25) is 11.7 Å². The zero-order valence-corrected chi connectivity index (χ0v) is 16.0. The number of halogens is 3. The molecule has 0 unspecified atom stereocenters. The summed E-state index contributed by atoms with van der Waals surface area (Å²) in [6, 6.07) is 8.16. The summed E-state index contributed by atoms with van der Waals surface area (Å²) in [5.74, 6) is 0.804. The molecule has 0 aliphatic carbocycles. The zero-order chi connectivity index (χ0) is 20.4. The Labute approximate surface area is 168 Å². The quantitative estimate of drug-likeness (QED) is 0.641. The van der Waals surface area contributed by atoms with E-state index in [-0.39, 0.29) is 11.5 Å². The Kier molecular flexibility index (Phi) is 5.37. The maximum absolute atomic E-state index is 12.7. The Morgan fingerprint density at radius 3 is 2.45 bits per heavy atom. The molecule has 1 amide bonds. The Morgan fingerprint density at radius 1 is 1.10 bits per heavy atom. The highest BCUT2D eigenvalue weighted by molar-refractivity contribution is 7.13. The number of rotatable bonds is 4. The van der Waals surface area contributed by atoms with Gasteiger partial charge in [0.25, 0.3) is 5.91 Å². The van der Waals surface area contributed by atoms with Crippen molar-refractivity contribution in [3.8, 4) is 10.7 Å². The van der Waals surface area contributed by atoms with Gasteiger partial charge in [-0.1, -0.05) is 11.2 Å². The Hall–Kier alpha value is -2.72. The van der Waals surface area contributed by atoms with Crippen LogP contribution in [0.15, 0.2) is 46.3 Å². The van der Waals surface area contributed by atoms with Crippen molar-refractivity contribution < 1.29 is 22.5 Å². The number of aromatic nitrogens is 2. The summed E-state index contributed by atoms with van der Waals surface area (Å²) < 4.78 is 43.3. The minimum absolute atomic E-state index is 0.254. The van der Waals surface area contributed by atoms with E-state index in [1.807, 2.05) is 17.5 Å². The van der Waals surface area contributed by atoms with Crippen LogP contribution in [-0.4, -0.2) is 52.0 Å². The first-order chi connectivity index (χ1) is 13.9. The molecular formula is C19H17F3N4O2S. The number of hydrogen-bond donors (Lipinski definition) is 0. The van der Waals surface area contributed by atoms with Crippen molar-refractivity contribution in [3.63, 3.8) is 0 Å². The minimum atomic E-state index is -4.41. The summed E-state index contributed by atoms with van der Waals surface area (Å²) >= 11 is 1.53. The fourth-order valence-electron chi connectivity index (χ4n) is 3.11. The van der Waals surface area contributed by atoms with E-state index in [2.05, 4.69) is 15.0 Å². The highest BCUT2D eigenvalue weighted by Gasteiger charge is 2.31. The number of hydrogen-bond acceptors (Lipinski definition) is 6. The van der Waals surface area contributed by atoms with E-state index in [9.17, 15) is 18.0 Å². The van der Waals surface area contributed by atoms with Crippen molar-refractivity contribution in [1.82, 2.24) is 19.9 Å². The lowest BCUT2D eigenvalue weighted by atomic mass is 10.1. The molecule has 3 aromatic rings. The van der Waals surface area contributed by atoms with Crippen LogP contribution >= 0.6 is 11.3 Å². The average molecular weight is 422 g/mol. The summed E-state index contributed by atoms with van der Waals surface area (Å²) in [4.78, 5) is 21.6. The van der Waals surface area contributed by atoms with Gasteiger partial charge < -0.3 is 9.42 Å². The molecular weight excluding hydrogens is 405 g/mol. The predicted molar refractivity (Wildman–Crippen MR) is 100 cm³/mol. The maximum atomic E-state index is 12.7. The second-order valence-electron chi connectivity index (χ2n) is 6.63. The summed E-state index contributed by atoms with van der Waals surface area (Å²) in [6.45, 7) is 2.67. The first-order valence-electron chi connectivity index (χ1n) is 8.95. The van der Waals surface area contributed by atoms with Gasteiger partial charge in [0.15, 0.2) is 0 Å². The predicted octanol–water partition coefficient (Wildman–Crippen LogP) is 3.77. The summed E-state index contributed by atoms with van der Waals surface area (Å²) in [5.41, 5.74) is -0.510. The van der Waals surface area contributed by atoms with E-state index in [1.165, 1.54) is 23.5 Å². The molecule has 4 rings (SSSR count). The Bertz CT molecular complexity index is 962. The van der Waals surface area contributed by atoms with Crippen molar-refractivity contribution in [2.24, 2.45) is 0 Å². The van der Waals surface area contributed by atoms with E-state index < -0.39 is 11.7 Å². The van der Waals surface area contributed by atoms with Gasteiger partial charge >= 0.3 is 6.18 Å². The van der Waals surface area contributed by atoms with Crippen molar-refractivity contribution in [3.05, 3.63) is 58.8 Å². The van der Waals surface area contributed by atoms with Crippen molar-refractivity contribution in [1.29, 1.82) is 0 Å². The molecule has 0 saturated carbocycles. The molecule has 6 nitrogen and oxygen atoms in total. The van der Waals surface area contributed by atoms with Gasteiger partial charge in [-0.25, -0.2) is 0 Å². The number of nitrogens with zero attached hydrogens (tertiary/aromatic N) is 4. The molecule has 2 aromatic heterocycles. The van der Waals surface area contributed by atoms with Crippen LogP contribution in [0.4, 0.5) is 13.2 Å². The molecule has 3 heterocycles. The molecule has 1 saturated heterocycles. The lowest BCUT2D eigenvalue weighted by molar-refractivity contribution is -0.137. The van der Waals surface area contributed by atoms with Gasteiger partial charge in [-0.05, 0) is 35.7 Å². The van der Waals surface area contributed by atoms with Crippen LogP contribution in [0.2, 0.25) is 0 Å². The molecule has 1 aromatic carbocycles. The summed E-state index contributed by atoms with van der Waals surface area (Å²) in [5, 5.41) is 5.93. The van der Waals surface area contributed by atoms with E-state index in [0.717, 1.165) is 17.0 Å². The molecule has 152 valence electrons. The first kappa shape index (κ1) is 19.6. The number of benzene rings is 1. The monoisotopic (exact) mass is 422 g/mol. The number of alkyl halides is 3. The third-order valence-electron chi connectivity index (χ3n) is 4.69. The fourth-order valence-corrected chi connectivity index (χ4v) is 3.76. The van der Waals surface area contributed by atoms with Crippen LogP contribution < -0.4 is 0 Å². The van der Waals surface area contributed by atoms with Crippen molar-refractivity contribution >= 4 is 17.2 Å². The van der Waals surface area contributed by atoms with E-state index in [0.29, 0.717) is 44.4 Å². The molecule has 1 fully saturated rings. The number of carbonyl (C=O) groups excluding carboxylic acids is 1. The lowest BCUT2D eigenvalue weighted by Gasteiger charge is -2.34. The molecule has 0 spiro atoms. The molecule has 0 radical (unpaired) electrons. The number of amides is 1. The van der Waals surface area contributed by atoms with Gasteiger partial charge in [0.1, 0.15) is 0 Å². The van der Waals surface area contributed by atoms with Crippen LogP contribution in [0.25, 0.3) is 10.7 Å². The summed E-state index contributed by atoms with van der Waals surface area (Å²) in [6.07, 6.45) is -4.41. The zero-order valence-electron chi connectivity index (χ0n) is 15.2. The third-order valence-corrected chi connectivity index (χ3v) is 5.55. The molecule has 0 bridgehead atoms. The molecule has 1 aliphatic heterocycles. The maximum Gasteiger partial charge on any atom is 0.416 e. The molecule has 0 N–H and O–H groups in total. The largest absolute Gasteiger partial charge is 0.416 e. The van der Waals surface area contributed by atoms with Gasteiger partial charge in [-0.15, -0.1) is 11.3 Å². The van der Waals surface area contributed by atoms with Gasteiger partial charge in [0.05, 0.1) is 17.0 Å². The van der Waals surface area contributed by atoms with Crippen LogP contribution in [0.1, 0.15) is 21.8 Å². The second-order valence-corrected chi connectivity index (χ2v) is 7.58. The fraction of sp³-hybridized carbons (Fsp3) is 0.316. The molecule has 1 aliphatic rings. The molecule has 10 heteroatoms. The van der Waals surface area contributed by atoms with Crippen molar-refractivity contribution in [2.75, 3.05) is 26.2 Å². The third kappa shape index (κ3) is 4.48. The minimum Gasteiger partial charge on any atom is -0.338 e. The average Bonchev–Trinajstić information content (AvgIpc) is 3.39. The van der Waals surface area contributed by atoms with Gasteiger partial charge in [0, 0.05) is 31.7 Å². The van der Waals surface area contributed by atoms with E-state index in [1.54, 1.807) is 4.90 Å². The molecule has 0 atom stereocenters. The number of thiophene rings is 1. The van der Waals surface area contributed by atoms with E-state index in [4.69, 9.17) is 4.52 Å². The van der Waals surface area contributed by atoms with Gasteiger partial charge in [-0.3, -0.25) is 9.69 Å². The van der Waals surface area contributed by atoms with E-state index >= 15 is 0 Å². The van der Waals surface area contributed by atoms with Crippen molar-refractivity contribution in [2.45, 2.75) is 12.7 Å². The van der Waals surface area contributed by atoms with Crippen LogP contribution in [0.3, 0.4) is 0 Å².